The molecular formula is C23H22N4O7S. The van der Waals surface area contributed by atoms with Crippen molar-refractivity contribution in [1.82, 2.24) is 14.3 Å². The molecule has 4 rings (SSSR count). The predicted molar refractivity (Wildman–Crippen MR) is 124 cm³/mol. The summed E-state index contributed by atoms with van der Waals surface area (Å²) in [5, 5.41) is 19.9. The Morgan fingerprint density at radius 2 is 2.00 bits per heavy atom. The third-order valence-corrected chi connectivity index (χ3v) is 7.27. The zero-order valence-corrected chi connectivity index (χ0v) is 19.5. The monoisotopic (exact) mass is 498 g/mol. The van der Waals surface area contributed by atoms with Gasteiger partial charge < -0.3 is 24.3 Å². The van der Waals surface area contributed by atoms with Crippen LogP contribution in [0.3, 0.4) is 0 Å². The zero-order valence-electron chi connectivity index (χ0n) is 18.7. The lowest BCUT2D eigenvalue weighted by atomic mass is 10.2. The number of benzene rings is 2. The van der Waals surface area contributed by atoms with Gasteiger partial charge in [-0.2, -0.15) is 9.57 Å². The Hall–Kier alpha value is -3.92. The number of methoxy groups -OCH3 is 1. The molecule has 1 aliphatic heterocycles. The fourth-order valence-corrected chi connectivity index (χ4v) is 5.14. The largest absolute Gasteiger partial charge is 0.507 e. The molecule has 2 heterocycles. The van der Waals surface area contributed by atoms with Gasteiger partial charge in [0.2, 0.25) is 10.0 Å². The number of aromatic amines is 1. The number of H-pyrrole nitrogens is 1. The van der Waals surface area contributed by atoms with Crippen LogP contribution in [0, 0.1) is 11.3 Å². The number of morpholine rings is 1. The first-order valence-corrected chi connectivity index (χ1v) is 12.0. The number of nitrogens with one attached hydrogen (secondary N) is 1. The molecule has 0 spiro atoms. The maximum atomic E-state index is 13.1. The first kappa shape index (κ1) is 24.2. The molecule has 1 saturated heterocycles. The Morgan fingerprint density at radius 1 is 1.26 bits per heavy atom. The van der Waals surface area contributed by atoms with E-state index >= 15 is 0 Å². The predicted octanol–water partition coefficient (Wildman–Crippen LogP) is 2.24. The third-order valence-electron chi connectivity index (χ3n) is 5.35. The Bertz CT molecular complexity index is 1400. The van der Waals surface area contributed by atoms with Crippen molar-refractivity contribution in [2.45, 2.75) is 4.90 Å². The zero-order chi connectivity index (χ0) is 25.0. The van der Waals surface area contributed by atoms with Gasteiger partial charge in [-0.25, -0.2) is 18.2 Å². The molecule has 0 saturated carbocycles. The number of sulfonamides is 1. The molecule has 2 aromatic carbocycles. The average molecular weight is 499 g/mol. The number of aromatic nitrogens is 2. The number of esters is 1. The van der Waals surface area contributed by atoms with Gasteiger partial charge in [-0.15, -0.1) is 0 Å². The molecular weight excluding hydrogens is 476 g/mol. The minimum Gasteiger partial charge on any atom is -0.507 e. The van der Waals surface area contributed by atoms with E-state index in [4.69, 9.17) is 14.2 Å². The van der Waals surface area contributed by atoms with Gasteiger partial charge >= 0.3 is 5.97 Å². The van der Waals surface area contributed by atoms with Crippen LogP contribution in [-0.2, 0) is 19.5 Å². The van der Waals surface area contributed by atoms with Crippen LogP contribution in [-0.4, -0.2) is 73.8 Å². The fraction of sp³-hybridized carbons (Fsp3) is 0.261. The van der Waals surface area contributed by atoms with Crippen molar-refractivity contribution in [2.24, 2.45) is 0 Å². The molecule has 0 amide bonds. The molecule has 2 N–H and O–H groups in total. The lowest BCUT2D eigenvalue weighted by molar-refractivity contribution is 0.0502. The van der Waals surface area contributed by atoms with Gasteiger partial charge in [-0.05, 0) is 30.3 Å². The third kappa shape index (κ3) is 4.97. The molecule has 1 aromatic heterocycles. The van der Waals surface area contributed by atoms with E-state index in [1.54, 1.807) is 24.3 Å². The second-order valence-electron chi connectivity index (χ2n) is 7.49. The van der Waals surface area contributed by atoms with Crippen LogP contribution in [0.4, 0.5) is 0 Å². The molecule has 3 aromatic rings. The number of allylic oxidation sites excluding steroid dienone is 1. The van der Waals surface area contributed by atoms with E-state index in [1.165, 1.54) is 23.5 Å². The Morgan fingerprint density at radius 3 is 2.69 bits per heavy atom. The summed E-state index contributed by atoms with van der Waals surface area (Å²) in [7, 11) is -2.62. The number of fused-ring (bicyclic) bond motifs is 1. The van der Waals surface area contributed by atoms with E-state index in [9.17, 15) is 23.6 Å². The number of imidazole rings is 1. The van der Waals surface area contributed by atoms with Gasteiger partial charge in [0.25, 0.3) is 0 Å². The van der Waals surface area contributed by atoms with Gasteiger partial charge in [-0.3, -0.25) is 0 Å². The molecule has 1 fully saturated rings. The first-order valence-electron chi connectivity index (χ1n) is 10.6. The van der Waals surface area contributed by atoms with Crippen LogP contribution in [0.1, 0.15) is 16.2 Å². The van der Waals surface area contributed by atoms with Crippen molar-refractivity contribution in [3.05, 3.63) is 59.6 Å². The Labute approximate surface area is 201 Å². The lowest BCUT2D eigenvalue weighted by Crippen LogP contribution is -2.40. The minimum atomic E-state index is -3.95. The normalized spacial score (nSPS) is 15.3. The number of hydrogen-bond donors (Lipinski definition) is 2. The van der Waals surface area contributed by atoms with Gasteiger partial charge in [-0.1, -0.05) is 12.1 Å². The molecule has 0 unspecified atom stereocenters. The minimum absolute atomic E-state index is 0.0623. The molecule has 182 valence electrons. The fourth-order valence-electron chi connectivity index (χ4n) is 3.55. The standard InChI is InChI=1S/C23H22N4O7S/c1-32-20-7-6-15(12-21(20)35(30,31)27-8-10-33-11-9-27)23(29)34-14-19(28)16(13-24)22-25-17-4-2-3-5-18(17)26-22/h2-7,12,28H,8-11,14H2,1H3,(H,25,26)/b19-16-. The molecule has 1 aliphatic rings. The van der Waals surface area contributed by atoms with E-state index in [-0.39, 0.29) is 53.9 Å². The number of carbonyl (C=O) groups excluding carboxylic acids is 1. The second kappa shape index (κ2) is 10.1. The highest BCUT2D eigenvalue weighted by Crippen LogP contribution is 2.29. The van der Waals surface area contributed by atoms with Crippen LogP contribution in [0.25, 0.3) is 16.6 Å². The Balaban J connectivity index is 1.55. The lowest BCUT2D eigenvalue weighted by Gasteiger charge is -2.26. The maximum absolute atomic E-state index is 13.1. The van der Waals surface area contributed by atoms with Crippen molar-refractivity contribution >= 4 is 32.6 Å². The van der Waals surface area contributed by atoms with Gasteiger partial charge in [0.15, 0.2) is 11.6 Å². The van der Waals surface area contributed by atoms with Crippen molar-refractivity contribution in [3.8, 4) is 11.8 Å². The highest BCUT2D eigenvalue weighted by atomic mass is 32.2. The van der Waals surface area contributed by atoms with Crippen molar-refractivity contribution in [1.29, 1.82) is 5.26 Å². The van der Waals surface area contributed by atoms with Gasteiger partial charge in [0.1, 0.15) is 28.9 Å². The van der Waals surface area contributed by atoms with Crippen LogP contribution in [0.5, 0.6) is 5.75 Å². The number of aliphatic hydroxyl groups is 1. The SMILES string of the molecule is COc1ccc(C(=O)OC/C(O)=C(\C#N)c2nc3ccccc3[nH]2)cc1S(=O)(=O)N1CCOCC1. The molecule has 0 radical (unpaired) electrons. The van der Waals surface area contributed by atoms with E-state index < -0.39 is 28.4 Å². The van der Waals surface area contributed by atoms with Crippen molar-refractivity contribution in [2.75, 3.05) is 40.0 Å². The molecule has 35 heavy (non-hydrogen) atoms. The first-order chi connectivity index (χ1) is 16.8. The second-order valence-corrected chi connectivity index (χ2v) is 9.40. The maximum Gasteiger partial charge on any atom is 0.338 e. The van der Waals surface area contributed by atoms with Gasteiger partial charge in [0.05, 0.1) is 36.9 Å². The summed E-state index contributed by atoms with van der Waals surface area (Å²) < 4.78 is 43.0. The quantitative estimate of drug-likeness (QED) is 0.283. The summed E-state index contributed by atoms with van der Waals surface area (Å²) in [6, 6.07) is 12.8. The van der Waals surface area contributed by atoms with Gasteiger partial charge in [0, 0.05) is 13.1 Å². The number of carbonyl (C=O) groups is 1. The van der Waals surface area contributed by atoms with E-state index in [1.807, 2.05) is 6.07 Å². The summed E-state index contributed by atoms with van der Waals surface area (Å²) in [6.45, 7) is 0.272. The summed E-state index contributed by atoms with van der Waals surface area (Å²) >= 11 is 0. The number of hydrogen-bond acceptors (Lipinski definition) is 9. The van der Waals surface area contributed by atoms with Crippen LogP contribution in [0.15, 0.2) is 53.1 Å². The molecule has 12 heteroatoms. The molecule has 0 bridgehead atoms. The number of aliphatic hydroxyl groups excluding tert-OH is 1. The Kier molecular flexibility index (Phi) is 7.02. The van der Waals surface area contributed by atoms with E-state index in [2.05, 4.69) is 9.97 Å². The summed E-state index contributed by atoms with van der Waals surface area (Å²) in [6.07, 6.45) is 0. The van der Waals surface area contributed by atoms with E-state index in [0.717, 1.165) is 6.07 Å². The van der Waals surface area contributed by atoms with E-state index in [0.29, 0.717) is 11.0 Å². The number of para-hydroxylation sites is 2. The number of ether oxygens (including phenoxy) is 3. The molecule has 0 atom stereocenters. The highest BCUT2D eigenvalue weighted by molar-refractivity contribution is 7.89. The van der Waals surface area contributed by atoms with Crippen molar-refractivity contribution < 1.29 is 32.5 Å². The number of nitriles is 1. The average Bonchev–Trinajstić information content (AvgIpc) is 3.31. The number of rotatable bonds is 7. The summed E-state index contributed by atoms with van der Waals surface area (Å²) in [5.41, 5.74) is 1.03. The van der Waals surface area contributed by atoms with Crippen LogP contribution < -0.4 is 4.74 Å². The summed E-state index contributed by atoms with van der Waals surface area (Å²) in [5.74, 6) is -1.19. The summed E-state index contributed by atoms with van der Waals surface area (Å²) in [4.78, 5) is 19.7. The highest BCUT2D eigenvalue weighted by Gasteiger charge is 2.30. The molecule has 11 nitrogen and oxygen atoms in total. The molecule has 0 aliphatic carbocycles. The smallest absolute Gasteiger partial charge is 0.338 e. The van der Waals surface area contributed by atoms with Crippen molar-refractivity contribution in [3.63, 3.8) is 0 Å². The topological polar surface area (TPSA) is 155 Å². The van der Waals surface area contributed by atoms with Crippen LogP contribution >= 0.6 is 0 Å². The number of nitrogens with zero attached hydrogens (tertiary/aromatic N) is 3. The van der Waals surface area contributed by atoms with Crippen LogP contribution in [0.2, 0.25) is 0 Å².